The Morgan fingerprint density at radius 1 is 1.03 bits per heavy atom. The van der Waals surface area contributed by atoms with Crippen molar-refractivity contribution < 1.29 is 9.53 Å². The van der Waals surface area contributed by atoms with E-state index < -0.39 is 6.09 Å². The van der Waals surface area contributed by atoms with Gasteiger partial charge in [0.15, 0.2) is 0 Å². The van der Waals surface area contributed by atoms with Crippen molar-refractivity contribution in [1.82, 2.24) is 5.32 Å². The zero-order valence-electron chi connectivity index (χ0n) is 15.6. The molecule has 0 heterocycles. The first kappa shape index (κ1) is 19.7. The molecule has 0 radical (unpaired) electrons. The van der Waals surface area contributed by atoms with Gasteiger partial charge in [0.25, 0.3) is 0 Å². The van der Waals surface area contributed by atoms with Crippen molar-refractivity contribution in [2.24, 2.45) is 0 Å². The molecule has 0 unspecified atom stereocenters. The van der Waals surface area contributed by atoms with Crippen LogP contribution in [0, 0.1) is 0 Å². The standard InChI is InChI=1S/C24H19BrClNO2/c25-23-12-11-17(26)14-16(23)6-5-13-27-24(28)29-15-22-20-9-3-1-7-18(20)19-8-2-4-10-21(19)22/h1-12,14,22H,13,15H2,(H,27,28). The number of fused-ring (bicyclic) bond motifs is 3. The van der Waals surface area contributed by atoms with Gasteiger partial charge in [0, 0.05) is 22.0 Å². The Bertz CT molecular complexity index is 1030. The van der Waals surface area contributed by atoms with Crippen molar-refractivity contribution in [2.75, 3.05) is 13.2 Å². The lowest BCUT2D eigenvalue weighted by atomic mass is 9.98. The number of carbonyl (C=O) groups is 1. The Morgan fingerprint density at radius 3 is 2.38 bits per heavy atom. The summed E-state index contributed by atoms with van der Waals surface area (Å²) < 4.78 is 6.46. The van der Waals surface area contributed by atoms with Gasteiger partial charge >= 0.3 is 6.09 Å². The second-order valence-corrected chi connectivity index (χ2v) is 8.07. The molecule has 29 heavy (non-hydrogen) atoms. The maximum Gasteiger partial charge on any atom is 0.407 e. The highest BCUT2D eigenvalue weighted by atomic mass is 79.9. The van der Waals surface area contributed by atoms with Gasteiger partial charge in [-0.1, -0.05) is 88.2 Å². The average Bonchev–Trinajstić information content (AvgIpc) is 3.06. The number of hydrogen-bond donors (Lipinski definition) is 1. The highest BCUT2D eigenvalue weighted by molar-refractivity contribution is 9.10. The van der Waals surface area contributed by atoms with Crippen molar-refractivity contribution in [2.45, 2.75) is 5.92 Å². The van der Waals surface area contributed by atoms with Gasteiger partial charge in [-0.25, -0.2) is 4.79 Å². The number of benzene rings is 3. The first-order valence-corrected chi connectivity index (χ1v) is 10.5. The number of hydrogen-bond acceptors (Lipinski definition) is 2. The summed E-state index contributed by atoms with van der Waals surface area (Å²) in [5.41, 5.74) is 5.78. The summed E-state index contributed by atoms with van der Waals surface area (Å²) in [6.07, 6.45) is 3.33. The molecule has 0 saturated carbocycles. The van der Waals surface area contributed by atoms with E-state index in [1.54, 1.807) is 0 Å². The molecule has 0 bridgehead atoms. The molecule has 3 aromatic carbocycles. The van der Waals surface area contributed by atoms with Crippen LogP contribution in [-0.4, -0.2) is 19.2 Å². The fourth-order valence-corrected chi connectivity index (χ4v) is 4.18. The number of carbonyl (C=O) groups excluding carboxylic acids is 1. The number of nitrogens with one attached hydrogen (secondary N) is 1. The summed E-state index contributed by atoms with van der Waals surface area (Å²) in [5, 5.41) is 3.43. The highest BCUT2D eigenvalue weighted by Crippen LogP contribution is 2.44. The predicted molar refractivity (Wildman–Crippen MR) is 121 cm³/mol. The van der Waals surface area contributed by atoms with Crippen molar-refractivity contribution >= 4 is 39.7 Å². The largest absolute Gasteiger partial charge is 0.449 e. The van der Waals surface area contributed by atoms with Crippen LogP contribution in [-0.2, 0) is 4.74 Å². The smallest absolute Gasteiger partial charge is 0.407 e. The van der Waals surface area contributed by atoms with Crippen molar-refractivity contribution in [3.63, 3.8) is 0 Å². The molecular weight excluding hydrogens is 450 g/mol. The Balaban J connectivity index is 1.34. The zero-order chi connectivity index (χ0) is 20.2. The lowest BCUT2D eigenvalue weighted by Crippen LogP contribution is -2.26. The Morgan fingerprint density at radius 2 is 1.69 bits per heavy atom. The van der Waals surface area contributed by atoms with E-state index in [2.05, 4.69) is 45.5 Å². The molecule has 5 heteroatoms. The van der Waals surface area contributed by atoms with E-state index in [4.69, 9.17) is 16.3 Å². The SMILES string of the molecule is O=C(NCC=Cc1cc(Cl)ccc1Br)OCC1c2ccccc2-c2ccccc21. The van der Waals surface area contributed by atoms with Gasteiger partial charge < -0.3 is 10.1 Å². The first-order chi connectivity index (χ1) is 14.1. The molecule has 0 fully saturated rings. The Labute approximate surface area is 183 Å². The average molecular weight is 469 g/mol. The van der Waals surface area contributed by atoms with E-state index in [0.717, 1.165) is 10.0 Å². The van der Waals surface area contributed by atoms with Gasteiger partial charge in [0.05, 0.1) is 0 Å². The van der Waals surface area contributed by atoms with Crippen LogP contribution in [0.25, 0.3) is 17.2 Å². The van der Waals surface area contributed by atoms with E-state index in [1.807, 2.05) is 54.6 Å². The molecule has 1 aliphatic carbocycles. The molecule has 1 amide bonds. The molecule has 0 aliphatic heterocycles. The lowest BCUT2D eigenvalue weighted by Gasteiger charge is -2.14. The van der Waals surface area contributed by atoms with Gasteiger partial charge in [-0.05, 0) is 46.0 Å². The summed E-state index contributed by atoms with van der Waals surface area (Å²) >= 11 is 9.49. The zero-order valence-corrected chi connectivity index (χ0v) is 17.9. The maximum absolute atomic E-state index is 12.2. The summed E-state index contributed by atoms with van der Waals surface area (Å²) in [5.74, 6) is 0.0612. The minimum atomic E-state index is -0.429. The molecule has 0 aromatic heterocycles. The monoisotopic (exact) mass is 467 g/mol. The van der Waals surface area contributed by atoms with Gasteiger partial charge in [0.1, 0.15) is 6.61 Å². The molecule has 3 aromatic rings. The van der Waals surface area contributed by atoms with Crippen LogP contribution in [0.1, 0.15) is 22.6 Å². The van der Waals surface area contributed by atoms with Crippen LogP contribution < -0.4 is 5.32 Å². The fourth-order valence-electron chi connectivity index (χ4n) is 3.62. The minimum absolute atomic E-state index is 0.0612. The van der Waals surface area contributed by atoms with Gasteiger partial charge in [-0.3, -0.25) is 0 Å². The Hall–Kier alpha value is -2.56. The molecule has 146 valence electrons. The molecule has 0 saturated heterocycles. The molecule has 4 rings (SSSR count). The minimum Gasteiger partial charge on any atom is -0.449 e. The van der Waals surface area contributed by atoms with E-state index in [0.29, 0.717) is 18.2 Å². The summed E-state index contributed by atoms with van der Waals surface area (Å²) in [6.45, 7) is 0.680. The van der Waals surface area contributed by atoms with E-state index >= 15 is 0 Å². The number of rotatable bonds is 5. The second kappa shape index (κ2) is 8.85. The lowest BCUT2D eigenvalue weighted by molar-refractivity contribution is 0.144. The van der Waals surface area contributed by atoms with Crippen LogP contribution in [0.2, 0.25) is 5.02 Å². The van der Waals surface area contributed by atoms with Gasteiger partial charge in [0.2, 0.25) is 0 Å². The third-order valence-electron chi connectivity index (χ3n) is 4.96. The molecule has 3 nitrogen and oxygen atoms in total. The van der Waals surface area contributed by atoms with Crippen LogP contribution in [0.4, 0.5) is 4.79 Å². The van der Waals surface area contributed by atoms with E-state index in [1.165, 1.54) is 22.3 Å². The molecule has 1 N–H and O–H groups in total. The number of ether oxygens (including phenoxy) is 1. The van der Waals surface area contributed by atoms with Crippen molar-refractivity contribution in [3.05, 3.63) is 99.0 Å². The van der Waals surface area contributed by atoms with Crippen molar-refractivity contribution in [3.8, 4) is 11.1 Å². The molecular formula is C24H19BrClNO2. The number of amides is 1. The topological polar surface area (TPSA) is 38.3 Å². The summed E-state index contributed by atoms with van der Waals surface area (Å²) in [6, 6.07) is 22.1. The molecule has 0 atom stereocenters. The van der Waals surface area contributed by atoms with Crippen LogP contribution in [0.5, 0.6) is 0 Å². The highest BCUT2D eigenvalue weighted by Gasteiger charge is 2.28. The third kappa shape index (κ3) is 4.39. The third-order valence-corrected chi connectivity index (χ3v) is 5.92. The maximum atomic E-state index is 12.2. The first-order valence-electron chi connectivity index (χ1n) is 9.34. The van der Waals surface area contributed by atoms with E-state index in [9.17, 15) is 4.79 Å². The number of alkyl carbamates (subject to hydrolysis) is 1. The van der Waals surface area contributed by atoms with Gasteiger partial charge in [-0.15, -0.1) is 0 Å². The predicted octanol–water partition coefficient (Wildman–Crippen LogP) is 6.65. The number of halogens is 2. The molecule has 0 spiro atoms. The van der Waals surface area contributed by atoms with E-state index in [-0.39, 0.29) is 5.92 Å². The second-order valence-electron chi connectivity index (χ2n) is 6.77. The fraction of sp³-hybridized carbons (Fsp3) is 0.125. The van der Waals surface area contributed by atoms with Gasteiger partial charge in [-0.2, -0.15) is 0 Å². The quantitative estimate of drug-likeness (QED) is 0.455. The van der Waals surface area contributed by atoms with Crippen LogP contribution >= 0.6 is 27.5 Å². The summed E-state index contributed by atoms with van der Waals surface area (Å²) in [4.78, 5) is 12.2. The van der Waals surface area contributed by atoms with Crippen molar-refractivity contribution in [1.29, 1.82) is 0 Å². The van der Waals surface area contributed by atoms with Crippen LogP contribution in [0.15, 0.2) is 77.3 Å². The Kier molecular flexibility index (Phi) is 6.02. The van der Waals surface area contributed by atoms with Crippen LogP contribution in [0.3, 0.4) is 0 Å². The summed E-state index contributed by atoms with van der Waals surface area (Å²) in [7, 11) is 0. The normalized spacial score (nSPS) is 12.6. The molecule has 1 aliphatic rings.